The molecule has 0 aliphatic rings. The van der Waals surface area contributed by atoms with Gasteiger partial charge in [-0.25, -0.2) is 4.98 Å². The Balaban J connectivity index is 1.82. The Kier molecular flexibility index (Phi) is 4.26. The van der Waals surface area contributed by atoms with Gasteiger partial charge in [-0.2, -0.15) is 0 Å². The molecule has 0 aliphatic carbocycles. The van der Waals surface area contributed by atoms with Crippen molar-refractivity contribution in [1.29, 1.82) is 0 Å². The number of imidazole rings is 1. The maximum atomic E-state index is 10.9. The summed E-state index contributed by atoms with van der Waals surface area (Å²) in [4.78, 5) is 4.69. The van der Waals surface area contributed by atoms with Gasteiger partial charge in [-0.1, -0.05) is 66.2 Å². The van der Waals surface area contributed by atoms with E-state index in [-0.39, 0.29) is 0 Å². The van der Waals surface area contributed by atoms with Gasteiger partial charge in [0.15, 0.2) is 0 Å². The number of hydrogen-bond acceptors (Lipinski definition) is 2. The average molecular weight is 349 g/mol. The second-order valence-electron chi connectivity index (χ2n) is 5.98. The second-order valence-corrected chi connectivity index (χ2v) is 6.42. The van der Waals surface area contributed by atoms with Crippen molar-refractivity contribution >= 4 is 22.6 Å². The van der Waals surface area contributed by atoms with Crippen LogP contribution in [0.5, 0.6) is 0 Å². The summed E-state index contributed by atoms with van der Waals surface area (Å²) in [6.07, 6.45) is -0.777. The molecule has 0 radical (unpaired) electrons. The number of aromatic nitrogens is 2. The number of nitrogens with zero attached hydrogens (tertiary/aromatic N) is 2. The summed E-state index contributed by atoms with van der Waals surface area (Å²) >= 11 is 5.99. The van der Waals surface area contributed by atoms with Crippen molar-refractivity contribution in [2.75, 3.05) is 0 Å². The predicted octanol–water partition coefficient (Wildman–Crippen LogP) is 4.82. The van der Waals surface area contributed by atoms with E-state index in [2.05, 4.69) is 9.55 Å². The number of hydrogen-bond donors (Lipinski definition) is 1. The van der Waals surface area contributed by atoms with Gasteiger partial charge in [-0.05, 0) is 35.4 Å². The number of benzene rings is 3. The van der Waals surface area contributed by atoms with Gasteiger partial charge < -0.3 is 9.67 Å². The Morgan fingerprint density at radius 3 is 2.32 bits per heavy atom. The summed E-state index contributed by atoms with van der Waals surface area (Å²) in [5.41, 5.74) is 3.81. The summed E-state index contributed by atoms with van der Waals surface area (Å²) in [5, 5.41) is 11.6. The fourth-order valence-electron chi connectivity index (χ4n) is 3.03. The van der Waals surface area contributed by atoms with Crippen LogP contribution in [-0.2, 0) is 6.54 Å². The Hall–Kier alpha value is -2.62. The van der Waals surface area contributed by atoms with Gasteiger partial charge >= 0.3 is 0 Å². The first-order valence-corrected chi connectivity index (χ1v) is 8.53. The first-order valence-electron chi connectivity index (χ1n) is 8.15. The molecule has 0 spiro atoms. The average Bonchev–Trinajstić information content (AvgIpc) is 3.02. The highest BCUT2D eigenvalue weighted by Crippen LogP contribution is 2.26. The van der Waals surface area contributed by atoms with Crippen molar-refractivity contribution in [3.63, 3.8) is 0 Å². The summed E-state index contributed by atoms with van der Waals surface area (Å²) in [7, 11) is 0. The molecule has 1 atom stereocenters. The van der Waals surface area contributed by atoms with Gasteiger partial charge in [0.05, 0.1) is 11.0 Å². The molecule has 0 saturated heterocycles. The maximum Gasteiger partial charge on any atom is 0.143 e. The Labute approximate surface area is 151 Å². The minimum Gasteiger partial charge on any atom is -0.380 e. The lowest BCUT2D eigenvalue weighted by atomic mass is 10.1. The van der Waals surface area contributed by atoms with Crippen LogP contribution in [0.15, 0.2) is 78.9 Å². The smallest absolute Gasteiger partial charge is 0.143 e. The fourth-order valence-corrected chi connectivity index (χ4v) is 3.15. The van der Waals surface area contributed by atoms with Crippen LogP contribution in [-0.4, -0.2) is 14.7 Å². The SMILES string of the molecule is O[C@H](c1ccccc1)c1nc2ccccc2n1Cc1ccc(Cl)cc1. The standard InChI is InChI=1S/C21H17ClN2O/c22-17-12-10-15(11-13-17)14-24-19-9-5-4-8-18(19)23-21(24)20(25)16-6-2-1-3-7-16/h1-13,20,25H,14H2/t20-/m1/s1. The molecular weight excluding hydrogens is 332 g/mol. The van der Waals surface area contributed by atoms with Crippen LogP contribution < -0.4 is 0 Å². The van der Waals surface area contributed by atoms with E-state index in [1.54, 1.807) is 0 Å². The second kappa shape index (κ2) is 6.71. The molecule has 124 valence electrons. The van der Waals surface area contributed by atoms with E-state index in [9.17, 15) is 5.11 Å². The molecule has 1 N–H and O–H groups in total. The van der Waals surface area contributed by atoms with Crippen LogP contribution in [0.2, 0.25) is 5.02 Å². The van der Waals surface area contributed by atoms with Crippen LogP contribution in [0, 0.1) is 0 Å². The topological polar surface area (TPSA) is 38.1 Å². The number of fused-ring (bicyclic) bond motifs is 1. The minimum absolute atomic E-state index is 0.622. The number of rotatable bonds is 4. The fraction of sp³-hybridized carbons (Fsp3) is 0.0952. The third kappa shape index (κ3) is 3.16. The monoisotopic (exact) mass is 348 g/mol. The molecule has 0 aliphatic heterocycles. The predicted molar refractivity (Wildman–Crippen MR) is 101 cm³/mol. The minimum atomic E-state index is -0.777. The lowest BCUT2D eigenvalue weighted by Gasteiger charge is -2.14. The first kappa shape index (κ1) is 15.9. The van der Waals surface area contributed by atoms with E-state index in [4.69, 9.17) is 11.6 Å². The van der Waals surface area contributed by atoms with Crippen molar-refractivity contribution < 1.29 is 5.11 Å². The Morgan fingerprint density at radius 1 is 0.880 bits per heavy atom. The molecule has 25 heavy (non-hydrogen) atoms. The van der Waals surface area contributed by atoms with Gasteiger partial charge in [0.25, 0.3) is 0 Å². The molecule has 0 saturated carbocycles. The molecule has 1 aromatic heterocycles. The summed E-state index contributed by atoms with van der Waals surface area (Å²) < 4.78 is 2.07. The number of halogens is 1. The number of aliphatic hydroxyl groups is 1. The highest BCUT2D eigenvalue weighted by molar-refractivity contribution is 6.30. The molecule has 0 unspecified atom stereocenters. The lowest BCUT2D eigenvalue weighted by Crippen LogP contribution is -2.11. The summed E-state index contributed by atoms with van der Waals surface area (Å²) in [5.74, 6) is 0.641. The third-order valence-electron chi connectivity index (χ3n) is 4.30. The lowest BCUT2D eigenvalue weighted by molar-refractivity contribution is 0.206. The number of para-hydroxylation sites is 2. The molecule has 0 bridgehead atoms. The normalized spacial score (nSPS) is 12.4. The van der Waals surface area contributed by atoms with Gasteiger partial charge in [0, 0.05) is 11.6 Å². The van der Waals surface area contributed by atoms with E-state index in [1.807, 2.05) is 78.9 Å². The highest BCUT2D eigenvalue weighted by Gasteiger charge is 2.19. The van der Waals surface area contributed by atoms with Crippen LogP contribution in [0.4, 0.5) is 0 Å². The van der Waals surface area contributed by atoms with Crippen LogP contribution in [0.1, 0.15) is 23.1 Å². The zero-order chi connectivity index (χ0) is 17.2. The zero-order valence-corrected chi connectivity index (χ0v) is 14.3. The van der Waals surface area contributed by atoms with Crippen molar-refractivity contribution in [3.05, 3.63) is 101 Å². The maximum absolute atomic E-state index is 10.9. The molecule has 3 nitrogen and oxygen atoms in total. The van der Waals surface area contributed by atoms with Gasteiger partial charge in [-0.3, -0.25) is 0 Å². The molecule has 4 heteroatoms. The molecule has 4 rings (SSSR count). The molecule has 1 heterocycles. The summed E-state index contributed by atoms with van der Waals surface area (Å²) in [6, 6.07) is 25.3. The van der Waals surface area contributed by atoms with Crippen LogP contribution in [0.3, 0.4) is 0 Å². The Bertz CT molecular complexity index is 994. The Morgan fingerprint density at radius 2 is 1.56 bits per heavy atom. The molecule has 0 fully saturated rings. The third-order valence-corrected chi connectivity index (χ3v) is 4.55. The van der Waals surface area contributed by atoms with Crippen molar-refractivity contribution in [2.24, 2.45) is 0 Å². The highest BCUT2D eigenvalue weighted by atomic mass is 35.5. The molecule has 0 amide bonds. The van der Waals surface area contributed by atoms with Gasteiger partial charge in [0.2, 0.25) is 0 Å². The van der Waals surface area contributed by atoms with Gasteiger partial charge in [0.1, 0.15) is 11.9 Å². The van der Waals surface area contributed by atoms with E-state index >= 15 is 0 Å². The van der Waals surface area contributed by atoms with Crippen molar-refractivity contribution in [2.45, 2.75) is 12.6 Å². The van der Waals surface area contributed by atoms with Crippen molar-refractivity contribution in [3.8, 4) is 0 Å². The molecule has 4 aromatic rings. The first-order chi connectivity index (χ1) is 12.2. The largest absolute Gasteiger partial charge is 0.380 e. The molecular formula is C21H17ClN2O. The van der Waals surface area contributed by atoms with E-state index in [0.717, 1.165) is 22.2 Å². The van der Waals surface area contributed by atoms with Crippen LogP contribution >= 0.6 is 11.6 Å². The van der Waals surface area contributed by atoms with Crippen LogP contribution in [0.25, 0.3) is 11.0 Å². The van der Waals surface area contributed by atoms with Gasteiger partial charge in [-0.15, -0.1) is 0 Å². The zero-order valence-electron chi connectivity index (χ0n) is 13.5. The van der Waals surface area contributed by atoms with Crippen molar-refractivity contribution in [1.82, 2.24) is 9.55 Å². The molecule has 3 aromatic carbocycles. The number of aliphatic hydroxyl groups excluding tert-OH is 1. The van der Waals surface area contributed by atoms with E-state index in [1.165, 1.54) is 0 Å². The van der Waals surface area contributed by atoms with E-state index < -0.39 is 6.10 Å². The summed E-state index contributed by atoms with van der Waals surface area (Å²) in [6.45, 7) is 0.622. The quantitative estimate of drug-likeness (QED) is 0.574. The van der Waals surface area contributed by atoms with E-state index in [0.29, 0.717) is 17.4 Å².